The van der Waals surface area contributed by atoms with Gasteiger partial charge in [0.15, 0.2) is 0 Å². The van der Waals surface area contributed by atoms with Crippen molar-refractivity contribution in [2.24, 2.45) is 0 Å². The van der Waals surface area contributed by atoms with Crippen LogP contribution >= 0.6 is 0 Å². The summed E-state index contributed by atoms with van der Waals surface area (Å²) in [7, 11) is 0. The molecule has 5 rings (SSSR count). The molecule has 144 valence electrons. The average Bonchev–Trinajstić information content (AvgIpc) is 3.52. The Morgan fingerprint density at radius 1 is 1.21 bits per heavy atom. The highest BCUT2D eigenvalue weighted by atomic mass is 16.4. The summed E-state index contributed by atoms with van der Waals surface area (Å²) in [5.74, 6) is -0.329. The van der Waals surface area contributed by atoms with Gasteiger partial charge in [-0.3, -0.25) is 4.98 Å². The van der Waals surface area contributed by atoms with E-state index in [1.165, 1.54) is 30.0 Å². The van der Waals surface area contributed by atoms with E-state index in [0.717, 1.165) is 33.4 Å². The molecule has 1 aromatic carbocycles. The van der Waals surface area contributed by atoms with Gasteiger partial charge in [0.1, 0.15) is 5.69 Å². The highest BCUT2D eigenvalue weighted by Crippen LogP contribution is 2.43. The van der Waals surface area contributed by atoms with E-state index in [0.29, 0.717) is 12.3 Å². The van der Waals surface area contributed by atoms with Gasteiger partial charge < -0.3 is 10.1 Å². The number of aromatic amines is 1. The third-order valence-electron chi connectivity index (χ3n) is 5.64. The van der Waals surface area contributed by atoms with Crippen molar-refractivity contribution in [1.29, 1.82) is 0 Å². The summed E-state index contributed by atoms with van der Waals surface area (Å²) in [6.45, 7) is 2.18. The predicted molar refractivity (Wildman–Crippen MR) is 112 cm³/mol. The van der Waals surface area contributed by atoms with Crippen LogP contribution in [0.25, 0.3) is 22.2 Å². The summed E-state index contributed by atoms with van der Waals surface area (Å²) >= 11 is 0. The quantitative estimate of drug-likeness (QED) is 0.502. The molecule has 0 amide bonds. The number of H-pyrrole nitrogens is 1. The van der Waals surface area contributed by atoms with E-state index in [9.17, 15) is 9.90 Å². The average molecular weight is 383 g/mol. The van der Waals surface area contributed by atoms with Gasteiger partial charge in [-0.25, -0.2) is 9.78 Å². The first-order chi connectivity index (χ1) is 14.1. The van der Waals surface area contributed by atoms with Crippen molar-refractivity contribution in [2.45, 2.75) is 32.1 Å². The van der Waals surface area contributed by atoms with E-state index in [-0.39, 0.29) is 5.69 Å². The fraction of sp³-hybridized carbons (Fsp3) is 0.208. The zero-order valence-electron chi connectivity index (χ0n) is 16.1. The minimum Gasteiger partial charge on any atom is -0.477 e. The molecule has 0 aliphatic heterocycles. The van der Waals surface area contributed by atoms with Crippen molar-refractivity contribution in [1.82, 2.24) is 15.0 Å². The van der Waals surface area contributed by atoms with Crippen molar-refractivity contribution in [3.8, 4) is 11.3 Å². The maximum absolute atomic E-state index is 11.3. The normalized spacial score (nSPS) is 13.7. The molecule has 0 saturated heterocycles. The van der Waals surface area contributed by atoms with Gasteiger partial charge in [-0.05, 0) is 78.8 Å². The Kier molecular flexibility index (Phi) is 4.16. The minimum absolute atomic E-state index is 0.0671. The predicted octanol–water partition coefficient (Wildman–Crippen LogP) is 5.10. The molecule has 1 fully saturated rings. The molecule has 0 radical (unpaired) electrons. The molecule has 0 atom stereocenters. The second-order valence-corrected chi connectivity index (χ2v) is 7.75. The zero-order valence-corrected chi connectivity index (χ0v) is 16.1. The second kappa shape index (κ2) is 6.85. The number of carboxylic acids is 1. The van der Waals surface area contributed by atoms with Gasteiger partial charge in [0.2, 0.25) is 0 Å². The Hall–Kier alpha value is -3.47. The van der Waals surface area contributed by atoms with E-state index in [2.05, 4.69) is 34.0 Å². The summed E-state index contributed by atoms with van der Waals surface area (Å²) in [6.07, 6.45) is 6.69. The smallest absolute Gasteiger partial charge is 0.354 e. The highest BCUT2D eigenvalue weighted by Gasteiger charge is 2.26. The molecule has 0 bridgehead atoms. The maximum Gasteiger partial charge on any atom is 0.354 e. The van der Waals surface area contributed by atoms with Crippen LogP contribution in [0.2, 0.25) is 0 Å². The molecule has 1 saturated carbocycles. The first kappa shape index (κ1) is 17.6. The standard InChI is InChI=1S/C24H21N3O2/c1-14-10-19-20(11-17-5-2-6-21(26-17)24(28)29)23(16-4-3-9-25-13-16)27-22(19)12-18(14)15-7-8-15/h2-6,9-10,12-13,15,27H,7-8,11H2,1H3,(H,28,29). The largest absolute Gasteiger partial charge is 0.477 e. The van der Waals surface area contributed by atoms with Crippen LogP contribution in [-0.2, 0) is 6.42 Å². The Balaban J connectivity index is 1.68. The summed E-state index contributed by atoms with van der Waals surface area (Å²) in [6, 6.07) is 13.7. The van der Waals surface area contributed by atoms with E-state index < -0.39 is 5.97 Å². The molecule has 5 heteroatoms. The SMILES string of the molecule is Cc1cc2c(Cc3cccc(C(=O)O)n3)c(-c3cccnc3)[nH]c2cc1C1CC1. The van der Waals surface area contributed by atoms with Gasteiger partial charge in [-0.15, -0.1) is 0 Å². The van der Waals surface area contributed by atoms with Crippen molar-refractivity contribution in [3.63, 3.8) is 0 Å². The van der Waals surface area contributed by atoms with Crippen LogP contribution in [0, 0.1) is 6.92 Å². The molecular weight excluding hydrogens is 362 g/mol. The van der Waals surface area contributed by atoms with Gasteiger partial charge in [-0.1, -0.05) is 6.07 Å². The third-order valence-corrected chi connectivity index (χ3v) is 5.64. The first-order valence-electron chi connectivity index (χ1n) is 9.85. The Bertz CT molecular complexity index is 1220. The van der Waals surface area contributed by atoms with Crippen molar-refractivity contribution < 1.29 is 9.90 Å². The Morgan fingerprint density at radius 2 is 2.07 bits per heavy atom. The van der Waals surface area contributed by atoms with Crippen LogP contribution in [0.3, 0.4) is 0 Å². The third kappa shape index (κ3) is 3.29. The highest BCUT2D eigenvalue weighted by molar-refractivity contribution is 5.92. The molecule has 0 spiro atoms. The van der Waals surface area contributed by atoms with E-state index >= 15 is 0 Å². The summed E-state index contributed by atoms with van der Waals surface area (Å²) in [5, 5.41) is 10.4. The van der Waals surface area contributed by atoms with Gasteiger partial charge in [0.05, 0.1) is 5.69 Å². The number of aromatic nitrogens is 3. The lowest BCUT2D eigenvalue weighted by atomic mass is 9.97. The summed E-state index contributed by atoms with van der Waals surface area (Å²) in [5.41, 5.74) is 7.80. The van der Waals surface area contributed by atoms with Gasteiger partial charge in [0.25, 0.3) is 0 Å². The summed E-state index contributed by atoms with van der Waals surface area (Å²) in [4.78, 5) is 23.6. The molecule has 29 heavy (non-hydrogen) atoms. The molecule has 4 aromatic rings. The number of fused-ring (bicyclic) bond motifs is 1. The number of rotatable bonds is 5. The summed E-state index contributed by atoms with van der Waals surface area (Å²) < 4.78 is 0. The molecule has 2 N–H and O–H groups in total. The first-order valence-corrected chi connectivity index (χ1v) is 9.85. The number of benzene rings is 1. The lowest BCUT2D eigenvalue weighted by molar-refractivity contribution is 0.0690. The van der Waals surface area contributed by atoms with E-state index in [1.54, 1.807) is 12.3 Å². The number of hydrogen-bond acceptors (Lipinski definition) is 3. The number of hydrogen-bond donors (Lipinski definition) is 2. The van der Waals surface area contributed by atoms with Crippen LogP contribution in [0.15, 0.2) is 54.9 Å². The fourth-order valence-corrected chi connectivity index (χ4v) is 4.08. The molecule has 3 heterocycles. The van der Waals surface area contributed by atoms with Crippen LogP contribution in [-0.4, -0.2) is 26.0 Å². The Labute approximate surface area is 168 Å². The maximum atomic E-state index is 11.3. The van der Waals surface area contributed by atoms with Crippen LogP contribution < -0.4 is 0 Å². The fourth-order valence-electron chi connectivity index (χ4n) is 4.08. The van der Waals surface area contributed by atoms with Crippen molar-refractivity contribution in [3.05, 3.63) is 82.9 Å². The van der Waals surface area contributed by atoms with Crippen LogP contribution in [0.1, 0.15) is 51.6 Å². The lowest BCUT2D eigenvalue weighted by Gasteiger charge is -2.07. The van der Waals surface area contributed by atoms with Gasteiger partial charge >= 0.3 is 5.97 Å². The lowest BCUT2D eigenvalue weighted by Crippen LogP contribution is -2.03. The number of carboxylic acid groups (broad SMARTS) is 1. The van der Waals surface area contributed by atoms with Crippen LogP contribution in [0.5, 0.6) is 0 Å². The molecule has 3 aromatic heterocycles. The number of aryl methyl sites for hydroxylation is 1. The van der Waals surface area contributed by atoms with E-state index in [1.807, 2.05) is 24.4 Å². The van der Waals surface area contributed by atoms with Gasteiger partial charge in [-0.2, -0.15) is 0 Å². The number of carbonyl (C=O) groups is 1. The molecule has 1 aliphatic carbocycles. The topological polar surface area (TPSA) is 78.9 Å². The Morgan fingerprint density at radius 3 is 2.79 bits per heavy atom. The number of nitrogens with one attached hydrogen (secondary N) is 1. The number of nitrogens with zero attached hydrogens (tertiary/aromatic N) is 2. The zero-order chi connectivity index (χ0) is 20.0. The monoisotopic (exact) mass is 383 g/mol. The number of pyridine rings is 2. The minimum atomic E-state index is -1.01. The van der Waals surface area contributed by atoms with Crippen molar-refractivity contribution >= 4 is 16.9 Å². The number of aromatic carboxylic acids is 1. The second-order valence-electron chi connectivity index (χ2n) is 7.75. The van der Waals surface area contributed by atoms with Crippen LogP contribution in [0.4, 0.5) is 0 Å². The molecule has 5 nitrogen and oxygen atoms in total. The molecule has 1 aliphatic rings. The van der Waals surface area contributed by atoms with Gasteiger partial charge in [0, 0.05) is 41.0 Å². The molecule has 0 unspecified atom stereocenters. The molecular formula is C24H21N3O2. The van der Waals surface area contributed by atoms with E-state index in [4.69, 9.17) is 0 Å². The van der Waals surface area contributed by atoms with Crippen molar-refractivity contribution in [2.75, 3.05) is 0 Å².